The second-order valence-corrected chi connectivity index (χ2v) is 8.48. The number of aryl methyl sites for hydroxylation is 2. The lowest BCUT2D eigenvalue weighted by atomic mass is 10.2. The number of aromatic amines is 1. The second-order valence-electron chi connectivity index (χ2n) is 6.53. The Labute approximate surface area is 174 Å². The first kappa shape index (κ1) is 19.6. The Morgan fingerprint density at radius 1 is 1.34 bits per heavy atom. The maximum Gasteiger partial charge on any atom is 0.259 e. The smallest absolute Gasteiger partial charge is 0.259 e. The van der Waals surface area contributed by atoms with Gasteiger partial charge in [0.15, 0.2) is 16.8 Å². The molecular weight excluding hydrogens is 410 g/mol. The van der Waals surface area contributed by atoms with Gasteiger partial charge in [-0.2, -0.15) is 0 Å². The van der Waals surface area contributed by atoms with E-state index in [9.17, 15) is 9.59 Å². The van der Waals surface area contributed by atoms with Gasteiger partial charge in [0.05, 0.1) is 27.8 Å². The molecule has 4 rings (SSSR count). The predicted molar refractivity (Wildman–Crippen MR) is 113 cm³/mol. The number of thiophene rings is 1. The van der Waals surface area contributed by atoms with E-state index < -0.39 is 0 Å². The van der Waals surface area contributed by atoms with Gasteiger partial charge in [0.2, 0.25) is 0 Å². The van der Waals surface area contributed by atoms with Crippen molar-refractivity contribution < 1.29 is 9.21 Å². The number of carbonyl (C=O) groups excluding carboxylic acids is 1. The number of fused-ring (bicyclic) bond motifs is 1. The van der Waals surface area contributed by atoms with Gasteiger partial charge >= 0.3 is 0 Å². The summed E-state index contributed by atoms with van der Waals surface area (Å²) in [5.41, 5.74) is 1.37. The number of nitrogens with one attached hydrogen (secondary N) is 1. The summed E-state index contributed by atoms with van der Waals surface area (Å²) in [4.78, 5) is 32.9. The monoisotopic (exact) mass is 429 g/mol. The molecular formula is C19H19N5O3S2. The fourth-order valence-corrected chi connectivity index (χ4v) is 5.19. The van der Waals surface area contributed by atoms with Crippen molar-refractivity contribution >= 4 is 39.1 Å². The lowest BCUT2D eigenvalue weighted by Gasteiger charge is -2.06. The van der Waals surface area contributed by atoms with Crippen LogP contribution in [-0.2, 0) is 12.3 Å². The molecule has 0 amide bonds. The molecule has 0 atom stereocenters. The Kier molecular flexibility index (Phi) is 5.13. The number of H-pyrrole nitrogens is 1. The molecule has 0 unspecified atom stereocenters. The van der Waals surface area contributed by atoms with Crippen molar-refractivity contribution in [3.05, 3.63) is 44.7 Å². The zero-order chi connectivity index (χ0) is 20.7. The topological polar surface area (TPSA) is 107 Å². The SMILES string of the molecule is CCn1c(SCc2nc3sc(C(C)=O)c(C)c3c(=O)[nH]2)nnc1-c1ccoc1C. The fraction of sp³-hybridized carbons (Fsp3) is 0.316. The number of hydrogen-bond donors (Lipinski definition) is 1. The van der Waals surface area contributed by atoms with Crippen LogP contribution in [0.1, 0.15) is 40.7 Å². The molecule has 0 aromatic carbocycles. The van der Waals surface area contributed by atoms with E-state index >= 15 is 0 Å². The first-order valence-electron chi connectivity index (χ1n) is 9.04. The number of hydrogen-bond acceptors (Lipinski definition) is 8. The number of rotatable bonds is 6. The highest BCUT2D eigenvalue weighted by Crippen LogP contribution is 2.30. The standard InChI is InChI=1S/C19H19N5O3S2/c1-5-24-16(12-6-7-27-11(12)4)22-23-19(24)28-8-13-20-17(26)14-9(2)15(10(3)25)29-18(14)21-13/h6-7H,5,8H2,1-4H3,(H,20,21,26). The number of furan rings is 1. The van der Waals surface area contributed by atoms with Gasteiger partial charge in [0.25, 0.3) is 5.56 Å². The first-order chi connectivity index (χ1) is 13.9. The second kappa shape index (κ2) is 7.60. The van der Waals surface area contributed by atoms with Crippen LogP contribution in [0.25, 0.3) is 21.6 Å². The van der Waals surface area contributed by atoms with Gasteiger partial charge in [-0.25, -0.2) is 4.98 Å². The molecule has 0 saturated carbocycles. The van der Waals surface area contributed by atoms with Crippen LogP contribution >= 0.6 is 23.1 Å². The van der Waals surface area contributed by atoms with Crippen molar-refractivity contribution in [3.63, 3.8) is 0 Å². The average Bonchev–Trinajstić information content (AvgIpc) is 3.36. The molecule has 0 spiro atoms. The molecule has 1 N–H and O–H groups in total. The van der Waals surface area contributed by atoms with E-state index in [2.05, 4.69) is 20.2 Å². The van der Waals surface area contributed by atoms with Crippen LogP contribution in [0, 0.1) is 13.8 Å². The summed E-state index contributed by atoms with van der Waals surface area (Å²) >= 11 is 2.71. The van der Waals surface area contributed by atoms with Crippen LogP contribution < -0.4 is 5.56 Å². The summed E-state index contributed by atoms with van der Waals surface area (Å²) in [6, 6.07) is 1.87. The minimum absolute atomic E-state index is 0.0565. The Bertz CT molecular complexity index is 1280. The van der Waals surface area contributed by atoms with Gasteiger partial charge < -0.3 is 14.0 Å². The van der Waals surface area contributed by atoms with Crippen molar-refractivity contribution in [1.29, 1.82) is 0 Å². The lowest BCUT2D eigenvalue weighted by Crippen LogP contribution is -2.11. The van der Waals surface area contributed by atoms with Crippen molar-refractivity contribution in [2.45, 2.75) is 45.1 Å². The van der Waals surface area contributed by atoms with Crippen LogP contribution in [0.4, 0.5) is 0 Å². The van der Waals surface area contributed by atoms with E-state index in [1.54, 1.807) is 13.2 Å². The molecule has 8 nitrogen and oxygen atoms in total. The molecule has 4 aromatic heterocycles. The van der Waals surface area contributed by atoms with Crippen LogP contribution in [0.5, 0.6) is 0 Å². The minimum Gasteiger partial charge on any atom is -0.469 e. The van der Waals surface area contributed by atoms with Crippen LogP contribution in [0.2, 0.25) is 0 Å². The molecule has 150 valence electrons. The van der Waals surface area contributed by atoms with Crippen molar-refractivity contribution in [1.82, 2.24) is 24.7 Å². The molecule has 0 fully saturated rings. The van der Waals surface area contributed by atoms with Crippen molar-refractivity contribution in [2.75, 3.05) is 0 Å². The number of thioether (sulfide) groups is 1. The van der Waals surface area contributed by atoms with E-state index in [0.717, 1.165) is 22.3 Å². The van der Waals surface area contributed by atoms with E-state index in [1.165, 1.54) is 30.0 Å². The highest BCUT2D eigenvalue weighted by atomic mass is 32.2. The maximum atomic E-state index is 12.5. The summed E-state index contributed by atoms with van der Waals surface area (Å²) in [5, 5.41) is 9.83. The quantitative estimate of drug-likeness (QED) is 0.365. The molecule has 29 heavy (non-hydrogen) atoms. The van der Waals surface area contributed by atoms with Gasteiger partial charge in [0, 0.05) is 6.54 Å². The van der Waals surface area contributed by atoms with E-state index in [-0.39, 0.29) is 11.3 Å². The van der Waals surface area contributed by atoms with Gasteiger partial charge in [-0.1, -0.05) is 11.8 Å². The number of ketones is 1. The zero-order valence-corrected chi connectivity index (χ0v) is 18.0. The minimum atomic E-state index is -0.224. The first-order valence-corrected chi connectivity index (χ1v) is 10.8. The number of carbonyl (C=O) groups is 1. The third-order valence-corrected chi connectivity index (χ3v) is 6.90. The molecule has 0 aliphatic carbocycles. The van der Waals surface area contributed by atoms with Gasteiger partial charge in [0.1, 0.15) is 16.4 Å². The van der Waals surface area contributed by atoms with Crippen LogP contribution in [0.3, 0.4) is 0 Å². The number of aromatic nitrogens is 5. The maximum absolute atomic E-state index is 12.5. The average molecular weight is 430 g/mol. The zero-order valence-electron chi connectivity index (χ0n) is 16.4. The Hall–Kier alpha value is -2.72. The molecule has 0 aliphatic rings. The normalized spacial score (nSPS) is 11.4. The summed E-state index contributed by atoms with van der Waals surface area (Å²) in [6.07, 6.45) is 1.63. The molecule has 4 aromatic rings. The molecule has 0 saturated heterocycles. The van der Waals surface area contributed by atoms with E-state index in [1.807, 2.05) is 24.5 Å². The molecule has 4 heterocycles. The predicted octanol–water partition coefficient (Wildman–Crippen LogP) is 3.97. The summed E-state index contributed by atoms with van der Waals surface area (Å²) in [7, 11) is 0. The van der Waals surface area contributed by atoms with E-state index in [0.29, 0.717) is 38.8 Å². The van der Waals surface area contributed by atoms with E-state index in [4.69, 9.17) is 4.42 Å². The Morgan fingerprint density at radius 2 is 2.14 bits per heavy atom. The van der Waals surface area contributed by atoms with Crippen LogP contribution in [-0.4, -0.2) is 30.5 Å². The van der Waals surface area contributed by atoms with Gasteiger partial charge in [-0.3, -0.25) is 9.59 Å². The molecule has 0 aliphatic heterocycles. The number of nitrogens with zero attached hydrogens (tertiary/aromatic N) is 4. The van der Waals surface area contributed by atoms with Gasteiger partial charge in [-0.05, 0) is 39.3 Å². The molecule has 0 bridgehead atoms. The summed E-state index contributed by atoms with van der Waals surface area (Å²) < 4.78 is 7.38. The lowest BCUT2D eigenvalue weighted by molar-refractivity contribution is 0.102. The Balaban J connectivity index is 1.64. The summed E-state index contributed by atoms with van der Waals surface area (Å²) in [5.74, 6) is 2.45. The molecule has 0 radical (unpaired) electrons. The molecule has 10 heteroatoms. The largest absolute Gasteiger partial charge is 0.469 e. The third-order valence-electron chi connectivity index (χ3n) is 4.64. The van der Waals surface area contributed by atoms with Gasteiger partial charge in [-0.15, -0.1) is 21.5 Å². The van der Waals surface area contributed by atoms with Crippen molar-refractivity contribution in [2.24, 2.45) is 0 Å². The highest BCUT2D eigenvalue weighted by Gasteiger charge is 2.19. The van der Waals surface area contributed by atoms with Crippen molar-refractivity contribution in [3.8, 4) is 11.4 Å². The highest BCUT2D eigenvalue weighted by molar-refractivity contribution is 7.98. The fourth-order valence-electron chi connectivity index (χ4n) is 3.22. The summed E-state index contributed by atoms with van der Waals surface area (Å²) in [6.45, 7) is 7.89. The van der Waals surface area contributed by atoms with Crippen LogP contribution in [0.15, 0.2) is 26.7 Å². The Morgan fingerprint density at radius 3 is 2.79 bits per heavy atom. The third kappa shape index (κ3) is 3.42. The number of Topliss-reactive ketones (excluding diaryl/α,β-unsaturated/α-hetero) is 1.